The topological polar surface area (TPSA) is 68.2 Å². The average Bonchev–Trinajstić information content (AvgIpc) is 2.97. The largest absolute Gasteiger partial charge is 0.363 e. The standard InChI is InChI=1S/C12H13BrN4O/c13-9-2-1-8-3-4-17(10(8)5-9)7-11-15-12(6-14)18-16-11/h1-2,5H,3-4,6-7,14H2. The minimum absolute atomic E-state index is 0.287. The lowest BCUT2D eigenvalue weighted by atomic mass is 10.2. The van der Waals surface area contributed by atoms with E-state index in [1.807, 2.05) is 0 Å². The van der Waals surface area contributed by atoms with E-state index in [4.69, 9.17) is 10.3 Å². The smallest absolute Gasteiger partial charge is 0.240 e. The third-order valence-electron chi connectivity index (χ3n) is 3.06. The van der Waals surface area contributed by atoms with E-state index in [1.54, 1.807) is 0 Å². The number of hydrogen-bond acceptors (Lipinski definition) is 5. The molecule has 18 heavy (non-hydrogen) atoms. The summed E-state index contributed by atoms with van der Waals surface area (Å²) < 4.78 is 6.10. The number of nitrogens with two attached hydrogens (primary N) is 1. The molecule has 0 unspecified atom stereocenters. The molecule has 0 amide bonds. The fraction of sp³-hybridized carbons (Fsp3) is 0.333. The van der Waals surface area contributed by atoms with Crippen molar-refractivity contribution in [3.63, 3.8) is 0 Å². The van der Waals surface area contributed by atoms with Crippen molar-refractivity contribution in [2.45, 2.75) is 19.5 Å². The van der Waals surface area contributed by atoms with Gasteiger partial charge in [0.1, 0.15) is 0 Å². The molecule has 0 aliphatic carbocycles. The Labute approximate surface area is 113 Å². The Morgan fingerprint density at radius 3 is 3.11 bits per heavy atom. The maximum absolute atomic E-state index is 5.45. The first kappa shape index (κ1) is 11.7. The van der Waals surface area contributed by atoms with Gasteiger partial charge < -0.3 is 15.2 Å². The molecule has 94 valence electrons. The Morgan fingerprint density at radius 1 is 1.44 bits per heavy atom. The van der Waals surface area contributed by atoms with Crippen LogP contribution >= 0.6 is 15.9 Å². The first-order valence-electron chi connectivity index (χ1n) is 5.81. The van der Waals surface area contributed by atoms with Crippen molar-refractivity contribution in [1.82, 2.24) is 10.1 Å². The number of anilines is 1. The van der Waals surface area contributed by atoms with Gasteiger partial charge in [-0.3, -0.25) is 0 Å². The van der Waals surface area contributed by atoms with E-state index in [0.717, 1.165) is 17.4 Å². The highest BCUT2D eigenvalue weighted by Crippen LogP contribution is 2.31. The number of rotatable bonds is 3. The molecule has 1 aromatic heterocycles. The second kappa shape index (κ2) is 4.70. The first-order valence-corrected chi connectivity index (χ1v) is 6.60. The van der Waals surface area contributed by atoms with E-state index in [2.05, 4.69) is 49.2 Å². The lowest BCUT2D eigenvalue weighted by molar-refractivity contribution is 0.374. The summed E-state index contributed by atoms with van der Waals surface area (Å²) in [6.45, 7) is 1.93. The van der Waals surface area contributed by atoms with Gasteiger partial charge in [-0.1, -0.05) is 27.2 Å². The highest BCUT2D eigenvalue weighted by atomic mass is 79.9. The zero-order chi connectivity index (χ0) is 12.5. The fourth-order valence-electron chi connectivity index (χ4n) is 2.19. The van der Waals surface area contributed by atoms with E-state index < -0.39 is 0 Å². The third-order valence-corrected chi connectivity index (χ3v) is 3.55. The Balaban J connectivity index is 1.81. The van der Waals surface area contributed by atoms with Gasteiger partial charge in [0.15, 0.2) is 5.82 Å². The number of halogens is 1. The average molecular weight is 309 g/mol. The van der Waals surface area contributed by atoms with Crippen molar-refractivity contribution >= 4 is 21.6 Å². The van der Waals surface area contributed by atoms with Gasteiger partial charge in [0.05, 0.1) is 13.1 Å². The van der Waals surface area contributed by atoms with Crippen molar-refractivity contribution < 1.29 is 4.52 Å². The molecule has 0 bridgehead atoms. The quantitative estimate of drug-likeness (QED) is 0.937. The van der Waals surface area contributed by atoms with Gasteiger partial charge in [-0.05, 0) is 24.1 Å². The predicted octanol–water partition coefficient (Wildman–Crippen LogP) is 1.85. The highest BCUT2D eigenvalue weighted by Gasteiger charge is 2.20. The van der Waals surface area contributed by atoms with Gasteiger partial charge in [-0.2, -0.15) is 4.98 Å². The molecule has 6 heteroatoms. The Hall–Kier alpha value is -1.40. The van der Waals surface area contributed by atoms with Crippen LogP contribution in [0, 0.1) is 0 Å². The normalized spacial score (nSPS) is 14.0. The fourth-order valence-corrected chi connectivity index (χ4v) is 2.54. The van der Waals surface area contributed by atoms with Crippen LogP contribution in [0.4, 0.5) is 5.69 Å². The van der Waals surface area contributed by atoms with Gasteiger partial charge in [-0.25, -0.2) is 0 Å². The van der Waals surface area contributed by atoms with Crippen LogP contribution in [0.3, 0.4) is 0 Å². The van der Waals surface area contributed by atoms with Crippen molar-refractivity contribution in [2.24, 2.45) is 5.73 Å². The predicted molar refractivity (Wildman–Crippen MR) is 71.1 cm³/mol. The maximum atomic E-state index is 5.45. The van der Waals surface area contributed by atoms with Crippen molar-refractivity contribution in [3.8, 4) is 0 Å². The van der Waals surface area contributed by atoms with E-state index in [-0.39, 0.29) is 6.54 Å². The van der Waals surface area contributed by atoms with Crippen molar-refractivity contribution in [2.75, 3.05) is 11.4 Å². The zero-order valence-corrected chi connectivity index (χ0v) is 11.4. The van der Waals surface area contributed by atoms with Gasteiger partial charge in [-0.15, -0.1) is 0 Å². The van der Waals surface area contributed by atoms with Crippen LogP contribution in [0.1, 0.15) is 17.3 Å². The summed E-state index contributed by atoms with van der Waals surface area (Å²) in [7, 11) is 0. The molecular weight excluding hydrogens is 296 g/mol. The molecule has 2 aromatic rings. The SMILES string of the molecule is NCc1nc(CN2CCc3ccc(Br)cc32)no1. The van der Waals surface area contributed by atoms with Gasteiger partial charge >= 0.3 is 0 Å². The second-order valence-corrected chi connectivity index (χ2v) is 5.17. The first-order chi connectivity index (χ1) is 8.76. The lowest BCUT2D eigenvalue weighted by Gasteiger charge is -2.17. The zero-order valence-electron chi connectivity index (χ0n) is 9.77. The Bertz CT molecular complexity index is 569. The Morgan fingerprint density at radius 2 is 2.33 bits per heavy atom. The molecule has 5 nitrogen and oxygen atoms in total. The summed E-state index contributed by atoms with van der Waals surface area (Å²) in [6, 6.07) is 6.36. The molecule has 1 aliphatic rings. The molecule has 1 aromatic carbocycles. The van der Waals surface area contributed by atoms with Crippen LogP contribution in [0.5, 0.6) is 0 Å². The van der Waals surface area contributed by atoms with Crippen molar-refractivity contribution in [1.29, 1.82) is 0 Å². The van der Waals surface area contributed by atoms with Crippen LogP contribution in [-0.4, -0.2) is 16.7 Å². The van der Waals surface area contributed by atoms with Crippen molar-refractivity contribution in [3.05, 3.63) is 40.0 Å². The van der Waals surface area contributed by atoms with Crippen LogP contribution in [0.15, 0.2) is 27.2 Å². The second-order valence-electron chi connectivity index (χ2n) is 4.25. The maximum Gasteiger partial charge on any atom is 0.240 e. The number of hydrogen-bond donors (Lipinski definition) is 1. The molecule has 0 fully saturated rings. The number of aromatic nitrogens is 2. The molecule has 2 heterocycles. The summed E-state index contributed by atoms with van der Waals surface area (Å²) in [6.07, 6.45) is 1.06. The molecule has 0 spiro atoms. The van der Waals surface area contributed by atoms with Crippen LogP contribution < -0.4 is 10.6 Å². The minimum Gasteiger partial charge on any atom is -0.363 e. The summed E-state index contributed by atoms with van der Waals surface area (Å²) in [5.74, 6) is 1.17. The Kier molecular flexibility index (Phi) is 3.05. The van der Waals surface area contributed by atoms with Gasteiger partial charge in [0.2, 0.25) is 5.89 Å². The van der Waals surface area contributed by atoms with E-state index in [0.29, 0.717) is 18.3 Å². The molecule has 1 aliphatic heterocycles. The molecule has 0 saturated carbocycles. The highest BCUT2D eigenvalue weighted by molar-refractivity contribution is 9.10. The molecule has 0 radical (unpaired) electrons. The van der Waals surface area contributed by atoms with Gasteiger partial charge in [0.25, 0.3) is 0 Å². The van der Waals surface area contributed by atoms with Crippen LogP contribution in [0.25, 0.3) is 0 Å². The molecule has 0 atom stereocenters. The third kappa shape index (κ3) is 2.13. The summed E-state index contributed by atoms with van der Waals surface area (Å²) in [5.41, 5.74) is 8.05. The lowest BCUT2D eigenvalue weighted by Crippen LogP contribution is -2.20. The van der Waals surface area contributed by atoms with Crippen LogP contribution in [-0.2, 0) is 19.5 Å². The number of benzene rings is 1. The number of fused-ring (bicyclic) bond motifs is 1. The number of nitrogens with zero attached hydrogens (tertiary/aromatic N) is 3. The van der Waals surface area contributed by atoms with E-state index in [1.165, 1.54) is 11.3 Å². The van der Waals surface area contributed by atoms with E-state index in [9.17, 15) is 0 Å². The summed E-state index contributed by atoms with van der Waals surface area (Å²) >= 11 is 3.50. The molecule has 3 rings (SSSR count). The van der Waals surface area contributed by atoms with Crippen LogP contribution in [0.2, 0.25) is 0 Å². The monoisotopic (exact) mass is 308 g/mol. The molecular formula is C12H13BrN4O. The summed E-state index contributed by atoms with van der Waals surface area (Å²) in [4.78, 5) is 6.49. The summed E-state index contributed by atoms with van der Waals surface area (Å²) in [5, 5.41) is 3.93. The molecule has 2 N–H and O–H groups in total. The van der Waals surface area contributed by atoms with E-state index >= 15 is 0 Å². The minimum atomic E-state index is 0.287. The molecule has 0 saturated heterocycles. The van der Waals surface area contributed by atoms with Gasteiger partial charge in [0, 0.05) is 16.7 Å².